The molecule has 0 unspecified atom stereocenters. The number of nitrogens with zero attached hydrogens (tertiary/aromatic N) is 3. The predicted molar refractivity (Wildman–Crippen MR) is 89.5 cm³/mol. The number of aliphatic hydroxyl groups is 1. The fraction of sp³-hybridized carbons (Fsp3) is 0.158. The highest BCUT2D eigenvalue weighted by Crippen LogP contribution is 2.23. The van der Waals surface area contributed by atoms with E-state index in [1.165, 1.54) is 0 Å². The van der Waals surface area contributed by atoms with Crippen LogP contribution in [0.2, 0.25) is 0 Å². The molecule has 3 aromatic rings. The topological polar surface area (TPSA) is 71.1 Å². The van der Waals surface area contributed by atoms with Crippen molar-refractivity contribution in [3.8, 4) is 11.8 Å². The van der Waals surface area contributed by atoms with Gasteiger partial charge in [0.2, 0.25) is 0 Å². The van der Waals surface area contributed by atoms with Crippen molar-refractivity contribution in [3.63, 3.8) is 0 Å². The van der Waals surface area contributed by atoms with Crippen LogP contribution in [0.1, 0.15) is 28.6 Å². The highest BCUT2D eigenvalue weighted by Gasteiger charge is 2.16. The van der Waals surface area contributed by atoms with Gasteiger partial charge in [0.1, 0.15) is 23.7 Å². The summed E-state index contributed by atoms with van der Waals surface area (Å²) in [6, 6.07) is 17.0. The maximum atomic E-state index is 10.6. The lowest BCUT2D eigenvalue weighted by Crippen LogP contribution is -2.10. The van der Waals surface area contributed by atoms with E-state index in [4.69, 9.17) is 4.74 Å². The molecule has 5 nitrogen and oxygen atoms in total. The molecular weight excluding hydrogens is 302 g/mol. The Balaban J connectivity index is 1.88. The zero-order valence-corrected chi connectivity index (χ0v) is 13.3. The van der Waals surface area contributed by atoms with E-state index in [1.54, 1.807) is 25.4 Å². The molecular formula is C19H17N3O2. The van der Waals surface area contributed by atoms with Gasteiger partial charge in [0.05, 0.1) is 12.7 Å². The Morgan fingerprint density at radius 2 is 2.04 bits per heavy atom. The number of hydrogen-bond donors (Lipinski definition) is 1. The summed E-state index contributed by atoms with van der Waals surface area (Å²) in [7, 11) is 1.54. The fourth-order valence-electron chi connectivity index (χ4n) is 2.62. The lowest BCUT2D eigenvalue weighted by molar-refractivity contribution is 0.205. The predicted octanol–water partition coefficient (Wildman–Crippen LogP) is 2.89. The smallest absolute Gasteiger partial charge is 0.142 e. The molecule has 120 valence electrons. The molecule has 1 aromatic heterocycles. The first-order valence-electron chi connectivity index (χ1n) is 7.54. The zero-order chi connectivity index (χ0) is 16.9. The molecule has 0 spiro atoms. The first kappa shape index (κ1) is 15.8. The number of imidazole rings is 1. The highest BCUT2D eigenvalue weighted by atomic mass is 16.5. The number of rotatable bonds is 5. The maximum absolute atomic E-state index is 10.6. The molecule has 0 aliphatic rings. The van der Waals surface area contributed by atoms with Gasteiger partial charge in [0.15, 0.2) is 0 Å². The van der Waals surface area contributed by atoms with Gasteiger partial charge >= 0.3 is 0 Å². The third-order valence-corrected chi connectivity index (χ3v) is 3.84. The summed E-state index contributed by atoms with van der Waals surface area (Å²) >= 11 is 0. The molecule has 0 saturated carbocycles. The molecule has 1 heterocycles. The Morgan fingerprint density at radius 3 is 2.75 bits per heavy atom. The maximum Gasteiger partial charge on any atom is 0.142 e. The van der Waals surface area contributed by atoms with Crippen LogP contribution in [-0.2, 0) is 6.54 Å². The number of ether oxygens (including phenoxy) is 1. The van der Waals surface area contributed by atoms with Crippen LogP contribution in [0.15, 0.2) is 60.9 Å². The molecule has 0 saturated heterocycles. The van der Waals surface area contributed by atoms with E-state index in [1.807, 2.05) is 47.2 Å². The third-order valence-electron chi connectivity index (χ3n) is 3.84. The van der Waals surface area contributed by atoms with Gasteiger partial charge in [-0.15, -0.1) is 0 Å². The summed E-state index contributed by atoms with van der Waals surface area (Å²) in [5.74, 6) is 1.12. The van der Waals surface area contributed by atoms with Crippen LogP contribution in [0.5, 0.6) is 5.75 Å². The molecule has 3 rings (SSSR count). The van der Waals surface area contributed by atoms with Crippen molar-refractivity contribution in [1.82, 2.24) is 9.55 Å². The molecule has 24 heavy (non-hydrogen) atoms. The van der Waals surface area contributed by atoms with E-state index in [0.29, 0.717) is 23.7 Å². The van der Waals surface area contributed by atoms with Crippen LogP contribution < -0.4 is 4.74 Å². The SMILES string of the molecule is COc1ccc(Cn2ccnc2[C@H](O)c2ccccc2)cc1C#N. The molecule has 1 atom stereocenters. The average molecular weight is 319 g/mol. The lowest BCUT2D eigenvalue weighted by atomic mass is 10.1. The summed E-state index contributed by atoms with van der Waals surface area (Å²) in [5, 5.41) is 19.8. The van der Waals surface area contributed by atoms with E-state index in [0.717, 1.165) is 11.1 Å². The van der Waals surface area contributed by atoms with Crippen LogP contribution >= 0.6 is 0 Å². The Hall–Kier alpha value is -3.10. The minimum Gasteiger partial charge on any atom is -0.495 e. The molecule has 2 aromatic carbocycles. The largest absolute Gasteiger partial charge is 0.495 e. The number of methoxy groups -OCH3 is 1. The van der Waals surface area contributed by atoms with E-state index < -0.39 is 6.10 Å². The lowest BCUT2D eigenvalue weighted by Gasteiger charge is -2.14. The van der Waals surface area contributed by atoms with E-state index in [2.05, 4.69) is 11.1 Å². The summed E-state index contributed by atoms with van der Waals surface area (Å²) in [6.07, 6.45) is 2.68. The number of aliphatic hydroxyl groups excluding tert-OH is 1. The Bertz CT molecular complexity index is 866. The number of benzene rings is 2. The summed E-state index contributed by atoms with van der Waals surface area (Å²) in [4.78, 5) is 4.29. The third kappa shape index (κ3) is 3.14. The van der Waals surface area contributed by atoms with Gasteiger partial charge in [0, 0.05) is 18.9 Å². The van der Waals surface area contributed by atoms with Gasteiger partial charge in [-0.1, -0.05) is 36.4 Å². The molecule has 0 amide bonds. The summed E-state index contributed by atoms with van der Waals surface area (Å²) < 4.78 is 7.04. The van der Waals surface area contributed by atoms with Crippen molar-refractivity contribution in [2.45, 2.75) is 12.6 Å². The minimum absolute atomic E-state index is 0.486. The van der Waals surface area contributed by atoms with Gasteiger partial charge in [-0.2, -0.15) is 5.26 Å². The highest BCUT2D eigenvalue weighted by molar-refractivity contribution is 5.45. The molecule has 0 fully saturated rings. The Kier molecular flexibility index (Phi) is 4.59. The van der Waals surface area contributed by atoms with Crippen LogP contribution in [0.25, 0.3) is 0 Å². The number of nitriles is 1. The van der Waals surface area contributed by atoms with Crippen molar-refractivity contribution in [3.05, 3.63) is 83.4 Å². The molecule has 0 aliphatic heterocycles. The van der Waals surface area contributed by atoms with Crippen molar-refractivity contribution in [2.24, 2.45) is 0 Å². The average Bonchev–Trinajstić information content (AvgIpc) is 3.09. The minimum atomic E-state index is -0.796. The van der Waals surface area contributed by atoms with Crippen molar-refractivity contribution in [2.75, 3.05) is 7.11 Å². The quantitative estimate of drug-likeness (QED) is 0.785. The molecule has 0 aliphatic carbocycles. The standard InChI is InChI=1S/C19H17N3O2/c1-24-17-8-7-14(11-16(17)12-20)13-22-10-9-21-19(22)18(23)15-5-3-2-4-6-15/h2-11,18,23H,13H2,1H3/t18-/m1/s1. The molecule has 1 N–H and O–H groups in total. The fourth-order valence-corrected chi connectivity index (χ4v) is 2.62. The van der Waals surface area contributed by atoms with Crippen LogP contribution in [0.3, 0.4) is 0 Å². The van der Waals surface area contributed by atoms with Crippen LogP contribution in [0.4, 0.5) is 0 Å². The molecule has 0 radical (unpaired) electrons. The van der Waals surface area contributed by atoms with Gasteiger partial charge in [-0.25, -0.2) is 4.98 Å². The van der Waals surface area contributed by atoms with Crippen molar-refractivity contribution in [1.29, 1.82) is 5.26 Å². The Labute approximate surface area is 140 Å². The second kappa shape index (κ2) is 6.99. The molecule has 0 bridgehead atoms. The van der Waals surface area contributed by atoms with Crippen molar-refractivity contribution < 1.29 is 9.84 Å². The van der Waals surface area contributed by atoms with E-state index in [9.17, 15) is 10.4 Å². The van der Waals surface area contributed by atoms with Crippen LogP contribution in [0, 0.1) is 11.3 Å². The monoisotopic (exact) mass is 319 g/mol. The van der Waals surface area contributed by atoms with E-state index in [-0.39, 0.29) is 0 Å². The van der Waals surface area contributed by atoms with E-state index >= 15 is 0 Å². The van der Waals surface area contributed by atoms with Crippen molar-refractivity contribution >= 4 is 0 Å². The summed E-state index contributed by atoms with van der Waals surface area (Å²) in [5.41, 5.74) is 2.21. The zero-order valence-electron chi connectivity index (χ0n) is 13.3. The van der Waals surface area contributed by atoms with Gasteiger partial charge in [-0.05, 0) is 23.3 Å². The Morgan fingerprint density at radius 1 is 1.25 bits per heavy atom. The van der Waals surface area contributed by atoms with Gasteiger partial charge < -0.3 is 14.4 Å². The van der Waals surface area contributed by atoms with Gasteiger partial charge in [0.25, 0.3) is 0 Å². The summed E-state index contributed by atoms with van der Waals surface area (Å²) in [6.45, 7) is 0.512. The number of hydrogen-bond acceptors (Lipinski definition) is 4. The second-order valence-corrected chi connectivity index (χ2v) is 5.37. The van der Waals surface area contributed by atoms with Gasteiger partial charge in [-0.3, -0.25) is 0 Å². The first-order chi connectivity index (χ1) is 11.7. The van der Waals surface area contributed by atoms with Crippen LogP contribution in [-0.4, -0.2) is 21.8 Å². The number of aromatic nitrogens is 2. The normalized spacial score (nSPS) is 11.7. The molecule has 5 heteroatoms. The first-order valence-corrected chi connectivity index (χ1v) is 7.54. The second-order valence-electron chi connectivity index (χ2n) is 5.37.